The molecule has 2 rings (SSSR count). The Kier molecular flexibility index (Phi) is 7.58. The maximum absolute atomic E-state index is 12.2. The zero-order valence-corrected chi connectivity index (χ0v) is 15.3. The maximum atomic E-state index is 12.2. The summed E-state index contributed by atoms with van der Waals surface area (Å²) in [6.45, 7) is 0.481. The Morgan fingerprint density at radius 2 is 1.76 bits per heavy atom. The lowest BCUT2D eigenvalue weighted by molar-refractivity contribution is -0.142. The van der Waals surface area contributed by atoms with Gasteiger partial charge >= 0.3 is 5.97 Å². The van der Waals surface area contributed by atoms with Crippen LogP contribution in [0, 0.1) is 0 Å². The number of Topliss-reactive ketones (excluding diaryl/α,β-unsaturated/α-hetero) is 1. The molecule has 25 heavy (non-hydrogen) atoms. The number of hydrogen-bond donors (Lipinski definition) is 1. The molecule has 2 aromatic rings. The summed E-state index contributed by atoms with van der Waals surface area (Å²) in [7, 11) is 3.60. The van der Waals surface area contributed by atoms with E-state index in [1.54, 1.807) is 24.3 Å². The van der Waals surface area contributed by atoms with E-state index in [2.05, 4.69) is 19.2 Å². The van der Waals surface area contributed by atoms with Gasteiger partial charge in [-0.15, -0.1) is 0 Å². The first-order valence-corrected chi connectivity index (χ1v) is 8.55. The van der Waals surface area contributed by atoms with Crippen molar-refractivity contribution in [2.45, 2.75) is 25.5 Å². The van der Waals surface area contributed by atoms with E-state index in [4.69, 9.17) is 4.74 Å². The summed E-state index contributed by atoms with van der Waals surface area (Å²) in [6, 6.07) is 16.4. The normalized spacial score (nSPS) is 11.6. The van der Waals surface area contributed by atoms with Crippen molar-refractivity contribution in [3.8, 4) is 5.75 Å². The van der Waals surface area contributed by atoms with Gasteiger partial charge in [0.05, 0.1) is 7.11 Å². The van der Waals surface area contributed by atoms with Crippen molar-refractivity contribution in [1.82, 2.24) is 5.09 Å². The minimum atomic E-state index is -0.507. The lowest BCUT2D eigenvalue weighted by atomic mass is 10.0. The van der Waals surface area contributed by atoms with E-state index >= 15 is 0 Å². The van der Waals surface area contributed by atoms with Crippen molar-refractivity contribution in [2.24, 2.45) is 0 Å². The van der Waals surface area contributed by atoms with Crippen molar-refractivity contribution in [2.75, 3.05) is 7.11 Å². The molecule has 0 aliphatic carbocycles. The summed E-state index contributed by atoms with van der Waals surface area (Å²) in [5.41, 5.74) is 1.68. The monoisotopic (exact) mass is 359 g/mol. The van der Waals surface area contributed by atoms with Gasteiger partial charge in [0.15, 0.2) is 5.78 Å². The Balaban J connectivity index is 1.86. The van der Waals surface area contributed by atoms with Gasteiger partial charge in [-0.05, 0) is 36.2 Å². The van der Waals surface area contributed by atoms with E-state index in [0.29, 0.717) is 24.3 Å². The van der Waals surface area contributed by atoms with Crippen molar-refractivity contribution in [3.05, 3.63) is 65.7 Å². The molecule has 0 aliphatic heterocycles. The minimum absolute atomic E-state index is 0.0243. The topological polar surface area (TPSA) is 64.6 Å². The molecular formula is C19H22NO4P. The minimum Gasteiger partial charge on any atom is -0.489 e. The standard InChI is InChI=1S/C19H22NO4P/c1-23-19(22)17(20-25)11-12-18(21)15-7-9-16(10-8-15)24-13-14-5-3-2-4-6-14/h2-10,17,20H,11-13,25H2,1H3/t17-/m0/s1. The molecule has 0 spiro atoms. The highest BCUT2D eigenvalue weighted by Gasteiger charge is 2.18. The van der Waals surface area contributed by atoms with E-state index in [-0.39, 0.29) is 18.2 Å². The molecule has 0 fully saturated rings. The zero-order chi connectivity index (χ0) is 18.1. The van der Waals surface area contributed by atoms with Gasteiger partial charge in [-0.25, -0.2) is 0 Å². The second-order valence-electron chi connectivity index (χ2n) is 5.50. The third kappa shape index (κ3) is 5.96. The van der Waals surface area contributed by atoms with Gasteiger partial charge in [-0.3, -0.25) is 14.7 Å². The largest absolute Gasteiger partial charge is 0.489 e. The van der Waals surface area contributed by atoms with Gasteiger partial charge in [0, 0.05) is 12.0 Å². The average molecular weight is 359 g/mol. The second-order valence-corrected chi connectivity index (χ2v) is 5.84. The smallest absolute Gasteiger partial charge is 0.323 e. The molecule has 2 aromatic carbocycles. The van der Waals surface area contributed by atoms with Crippen LogP contribution in [0.25, 0.3) is 0 Å². The highest BCUT2D eigenvalue weighted by molar-refractivity contribution is 7.13. The van der Waals surface area contributed by atoms with Gasteiger partial charge in [0.1, 0.15) is 18.4 Å². The molecule has 132 valence electrons. The van der Waals surface area contributed by atoms with Crippen molar-refractivity contribution in [3.63, 3.8) is 0 Å². The Bertz CT molecular complexity index is 688. The number of carbonyl (C=O) groups excluding carboxylic acids is 2. The number of ether oxygens (including phenoxy) is 2. The zero-order valence-electron chi connectivity index (χ0n) is 14.1. The highest BCUT2D eigenvalue weighted by atomic mass is 31.0. The predicted molar refractivity (Wildman–Crippen MR) is 99.4 cm³/mol. The van der Waals surface area contributed by atoms with E-state index in [9.17, 15) is 9.59 Å². The van der Waals surface area contributed by atoms with Gasteiger partial charge < -0.3 is 9.47 Å². The Labute approximate surface area is 150 Å². The fourth-order valence-corrected chi connectivity index (χ4v) is 2.61. The first kappa shape index (κ1) is 19.1. The van der Waals surface area contributed by atoms with E-state index in [1.807, 2.05) is 30.3 Å². The predicted octanol–water partition coefficient (Wildman–Crippen LogP) is 3.15. The number of esters is 1. The number of benzene rings is 2. The van der Waals surface area contributed by atoms with Crippen molar-refractivity contribution in [1.29, 1.82) is 0 Å². The summed E-state index contributed by atoms with van der Waals surface area (Å²) in [4.78, 5) is 23.7. The number of carbonyl (C=O) groups is 2. The fourth-order valence-electron chi connectivity index (χ4n) is 2.31. The van der Waals surface area contributed by atoms with Crippen LogP contribution in [0.5, 0.6) is 5.75 Å². The number of hydrogen-bond acceptors (Lipinski definition) is 5. The van der Waals surface area contributed by atoms with Gasteiger partial charge in [0.25, 0.3) is 0 Å². The van der Waals surface area contributed by atoms with Crippen LogP contribution in [0.15, 0.2) is 54.6 Å². The summed E-state index contributed by atoms with van der Waals surface area (Å²) >= 11 is 0. The van der Waals surface area contributed by atoms with Crippen LogP contribution in [0.2, 0.25) is 0 Å². The van der Waals surface area contributed by atoms with Crippen LogP contribution in [0.4, 0.5) is 0 Å². The lowest BCUT2D eigenvalue weighted by Crippen LogP contribution is -2.32. The molecule has 2 atom stereocenters. The molecule has 5 nitrogen and oxygen atoms in total. The number of nitrogens with one attached hydrogen (secondary N) is 1. The van der Waals surface area contributed by atoms with E-state index in [1.165, 1.54) is 7.11 Å². The first-order chi connectivity index (χ1) is 12.1. The lowest BCUT2D eigenvalue weighted by Gasteiger charge is -2.12. The Morgan fingerprint density at radius 1 is 1.08 bits per heavy atom. The average Bonchev–Trinajstić information content (AvgIpc) is 2.67. The summed E-state index contributed by atoms with van der Waals surface area (Å²) < 4.78 is 10.4. The maximum Gasteiger partial charge on any atom is 0.323 e. The van der Waals surface area contributed by atoms with Crippen LogP contribution in [0.1, 0.15) is 28.8 Å². The molecule has 6 heteroatoms. The summed E-state index contributed by atoms with van der Waals surface area (Å²) in [5, 5.41) is 2.77. The van der Waals surface area contributed by atoms with Crippen molar-refractivity contribution < 1.29 is 19.1 Å². The number of ketones is 1. The quantitative estimate of drug-likeness (QED) is 0.423. The molecule has 0 aromatic heterocycles. The molecule has 0 heterocycles. The van der Waals surface area contributed by atoms with E-state index < -0.39 is 6.04 Å². The van der Waals surface area contributed by atoms with Gasteiger partial charge in [-0.2, -0.15) is 0 Å². The van der Waals surface area contributed by atoms with Crippen LogP contribution in [-0.2, 0) is 16.1 Å². The van der Waals surface area contributed by atoms with Crippen LogP contribution in [0.3, 0.4) is 0 Å². The number of methoxy groups -OCH3 is 1. The summed E-state index contributed by atoms with van der Waals surface area (Å²) in [5.74, 6) is 0.302. The second kappa shape index (κ2) is 9.92. The van der Waals surface area contributed by atoms with Crippen LogP contribution in [-0.4, -0.2) is 24.9 Å². The summed E-state index contributed by atoms with van der Waals surface area (Å²) in [6.07, 6.45) is 0.632. The highest BCUT2D eigenvalue weighted by Crippen LogP contribution is 2.16. The fraction of sp³-hybridized carbons (Fsp3) is 0.263. The van der Waals surface area contributed by atoms with Gasteiger partial charge in [0.2, 0.25) is 0 Å². The Hall–Kier alpha value is -2.23. The van der Waals surface area contributed by atoms with Crippen LogP contribution < -0.4 is 9.82 Å². The molecule has 0 saturated heterocycles. The first-order valence-electron chi connectivity index (χ1n) is 7.98. The molecule has 0 bridgehead atoms. The molecule has 1 unspecified atom stereocenters. The molecule has 0 aliphatic rings. The third-order valence-electron chi connectivity index (χ3n) is 3.77. The third-order valence-corrected chi connectivity index (χ3v) is 4.17. The van der Waals surface area contributed by atoms with Gasteiger partial charge in [-0.1, -0.05) is 39.7 Å². The Morgan fingerprint density at radius 3 is 2.36 bits per heavy atom. The molecule has 1 N–H and O–H groups in total. The van der Waals surface area contributed by atoms with Crippen molar-refractivity contribution >= 4 is 21.1 Å². The molecular weight excluding hydrogens is 337 g/mol. The van der Waals surface area contributed by atoms with Crippen LogP contribution >= 0.6 is 9.39 Å². The molecule has 0 radical (unpaired) electrons. The SMILES string of the molecule is COC(=O)[C@H](CCC(=O)c1ccc(OCc2ccccc2)cc1)NP. The molecule has 0 amide bonds. The number of rotatable bonds is 9. The molecule has 0 saturated carbocycles. The van der Waals surface area contributed by atoms with E-state index in [0.717, 1.165) is 5.56 Å².